The topological polar surface area (TPSA) is 38.8 Å². The molecular weight excluding hydrogens is 206 g/mol. The summed E-state index contributed by atoms with van der Waals surface area (Å²) in [6.45, 7) is 5.97. The van der Waals surface area contributed by atoms with E-state index in [1.165, 1.54) is 0 Å². The van der Waals surface area contributed by atoms with Crippen LogP contribution in [0.4, 0.5) is 0 Å². The van der Waals surface area contributed by atoms with Crippen molar-refractivity contribution in [2.24, 2.45) is 11.8 Å². The van der Waals surface area contributed by atoms with Gasteiger partial charge in [-0.05, 0) is 40.3 Å². The molecule has 0 aromatic heterocycles. The average Bonchev–Trinajstić information content (AvgIpc) is 2.93. The summed E-state index contributed by atoms with van der Waals surface area (Å²) in [6.07, 6.45) is 1.17. The van der Waals surface area contributed by atoms with E-state index in [1.807, 2.05) is 32.8 Å². The van der Waals surface area contributed by atoms with Crippen LogP contribution >= 0.6 is 0 Å². The lowest BCUT2D eigenvalue weighted by Gasteiger charge is -2.10. The van der Waals surface area contributed by atoms with E-state index in [9.17, 15) is 4.79 Å². The highest BCUT2D eigenvalue weighted by Gasteiger charge is 2.44. The highest BCUT2D eigenvalue weighted by atomic mass is 16.5. The molecule has 1 fully saturated rings. The number of carbonyl (C=O) groups excluding carboxylic acids is 1. The largest absolute Gasteiger partial charge is 0.464 e. The molecule has 0 saturated heterocycles. The molecule has 1 aliphatic rings. The van der Waals surface area contributed by atoms with E-state index in [-0.39, 0.29) is 18.0 Å². The summed E-state index contributed by atoms with van der Waals surface area (Å²) in [7, 11) is 3.93. The lowest BCUT2D eigenvalue weighted by molar-refractivity contribution is -0.146. The third-order valence-electron chi connectivity index (χ3n) is 2.65. The molecule has 2 atom stereocenters. The molecule has 4 nitrogen and oxygen atoms in total. The highest BCUT2D eigenvalue weighted by molar-refractivity contribution is 5.75. The molecular formula is C12H23NO3. The van der Waals surface area contributed by atoms with Crippen molar-refractivity contribution in [2.75, 3.05) is 33.9 Å². The van der Waals surface area contributed by atoms with Crippen LogP contribution in [0.5, 0.6) is 0 Å². The fourth-order valence-corrected chi connectivity index (χ4v) is 1.47. The molecule has 1 saturated carbocycles. The van der Waals surface area contributed by atoms with Gasteiger partial charge in [0.05, 0.1) is 18.6 Å². The number of carbonyl (C=O) groups is 1. The SMILES string of the molecule is CC(C)OC[C@@H]1C[C@H]1C(=O)OCCN(C)C. The van der Waals surface area contributed by atoms with Crippen LogP contribution in [0.15, 0.2) is 0 Å². The molecule has 94 valence electrons. The van der Waals surface area contributed by atoms with Crippen molar-refractivity contribution in [1.29, 1.82) is 0 Å². The van der Waals surface area contributed by atoms with E-state index in [4.69, 9.17) is 9.47 Å². The van der Waals surface area contributed by atoms with Crippen LogP contribution in [-0.4, -0.2) is 50.8 Å². The third kappa shape index (κ3) is 4.94. The van der Waals surface area contributed by atoms with Gasteiger partial charge in [-0.1, -0.05) is 0 Å². The monoisotopic (exact) mass is 229 g/mol. The molecule has 0 heterocycles. The van der Waals surface area contributed by atoms with Crippen LogP contribution in [0, 0.1) is 11.8 Å². The number of ether oxygens (including phenoxy) is 2. The van der Waals surface area contributed by atoms with Gasteiger partial charge in [-0.15, -0.1) is 0 Å². The van der Waals surface area contributed by atoms with Gasteiger partial charge >= 0.3 is 5.97 Å². The van der Waals surface area contributed by atoms with E-state index >= 15 is 0 Å². The molecule has 0 aromatic rings. The van der Waals surface area contributed by atoms with Gasteiger partial charge in [0.2, 0.25) is 0 Å². The van der Waals surface area contributed by atoms with Gasteiger partial charge in [-0.25, -0.2) is 0 Å². The summed E-state index contributed by atoms with van der Waals surface area (Å²) >= 11 is 0. The zero-order valence-electron chi connectivity index (χ0n) is 10.7. The van der Waals surface area contributed by atoms with Gasteiger partial charge in [-0.3, -0.25) is 4.79 Å². The summed E-state index contributed by atoms with van der Waals surface area (Å²) in [5.41, 5.74) is 0. The van der Waals surface area contributed by atoms with Gasteiger partial charge < -0.3 is 14.4 Å². The Balaban J connectivity index is 2.07. The van der Waals surface area contributed by atoms with Crippen molar-refractivity contribution in [2.45, 2.75) is 26.4 Å². The Kier molecular flexibility index (Phi) is 5.22. The summed E-state index contributed by atoms with van der Waals surface area (Å²) in [4.78, 5) is 13.5. The maximum atomic E-state index is 11.5. The van der Waals surface area contributed by atoms with Crippen molar-refractivity contribution in [3.63, 3.8) is 0 Å². The van der Waals surface area contributed by atoms with E-state index in [0.717, 1.165) is 13.0 Å². The van der Waals surface area contributed by atoms with E-state index < -0.39 is 0 Å². The van der Waals surface area contributed by atoms with Crippen LogP contribution < -0.4 is 0 Å². The average molecular weight is 229 g/mol. The normalized spacial score (nSPS) is 23.9. The molecule has 16 heavy (non-hydrogen) atoms. The maximum absolute atomic E-state index is 11.5. The molecule has 1 aliphatic carbocycles. The standard InChI is InChI=1S/C12H23NO3/c1-9(2)16-8-10-7-11(10)12(14)15-6-5-13(3)4/h9-11H,5-8H2,1-4H3/t10-,11+/m0/s1. The van der Waals surface area contributed by atoms with Crippen molar-refractivity contribution in [3.05, 3.63) is 0 Å². The highest BCUT2D eigenvalue weighted by Crippen LogP contribution is 2.39. The summed E-state index contributed by atoms with van der Waals surface area (Å²) in [5.74, 6) is 0.411. The number of nitrogens with zero attached hydrogens (tertiary/aromatic N) is 1. The van der Waals surface area contributed by atoms with Gasteiger partial charge in [0.25, 0.3) is 0 Å². The smallest absolute Gasteiger partial charge is 0.309 e. The van der Waals surface area contributed by atoms with Crippen LogP contribution in [-0.2, 0) is 14.3 Å². The molecule has 0 aliphatic heterocycles. The Morgan fingerprint density at radius 3 is 2.69 bits per heavy atom. The molecule has 4 heteroatoms. The first-order valence-corrected chi connectivity index (χ1v) is 5.93. The van der Waals surface area contributed by atoms with Crippen LogP contribution in [0.1, 0.15) is 20.3 Å². The lowest BCUT2D eigenvalue weighted by Crippen LogP contribution is -2.21. The first-order chi connectivity index (χ1) is 7.50. The fourth-order valence-electron chi connectivity index (χ4n) is 1.47. The maximum Gasteiger partial charge on any atom is 0.309 e. The van der Waals surface area contributed by atoms with E-state index in [0.29, 0.717) is 19.1 Å². The molecule has 0 radical (unpaired) electrons. The first-order valence-electron chi connectivity index (χ1n) is 5.93. The van der Waals surface area contributed by atoms with Gasteiger partial charge in [0.15, 0.2) is 0 Å². The van der Waals surface area contributed by atoms with Gasteiger partial charge in [0.1, 0.15) is 6.61 Å². The summed E-state index contributed by atoms with van der Waals surface area (Å²) in [5, 5.41) is 0. The molecule has 1 rings (SSSR count). The number of likely N-dealkylation sites (N-methyl/N-ethyl adjacent to an activating group) is 1. The van der Waals surface area contributed by atoms with E-state index in [2.05, 4.69) is 0 Å². The fraction of sp³-hybridized carbons (Fsp3) is 0.917. The minimum absolute atomic E-state index is 0.0563. The second-order valence-corrected chi connectivity index (χ2v) is 4.96. The molecule has 0 spiro atoms. The Labute approximate surface area is 97.9 Å². The molecule has 0 unspecified atom stereocenters. The van der Waals surface area contributed by atoms with Crippen molar-refractivity contribution >= 4 is 5.97 Å². The lowest BCUT2D eigenvalue weighted by atomic mass is 10.3. The summed E-state index contributed by atoms with van der Waals surface area (Å²) in [6, 6.07) is 0. The van der Waals surface area contributed by atoms with Crippen molar-refractivity contribution in [3.8, 4) is 0 Å². The molecule has 0 N–H and O–H groups in total. The van der Waals surface area contributed by atoms with Gasteiger partial charge in [-0.2, -0.15) is 0 Å². The number of rotatable bonds is 7. The summed E-state index contributed by atoms with van der Waals surface area (Å²) < 4.78 is 10.7. The minimum Gasteiger partial charge on any atom is -0.464 e. The Bertz CT molecular complexity index is 228. The van der Waals surface area contributed by atoms with Crippen LogP contribution in [0.3, 0.4) is 0 Å². The third-order valence-corrected chi connectivity index (χ3v) is 2.65. The zero-order chi connectivity index (χ0) is 12.1. The minimum atomic E-state index is -0.0563. The second kappa shape index (κ2) is 6.21. The first kappa shape index (κ1) is 13.5. The second-order valence-electron chi connectivity index (χ2n) is 4.96. The molecule has 0 bridgehead atoms. The van der Waals surface area contributed by atoms with Gasteiger partial charge in [0, 0.05) is 6.54 Å². The zero-order valence-corrected chi connectivity index (χ0v) is 10.7. The number of hydrogen-bond acceptors (Lipinski definition) is 4. The Hall–Kier alpha value is -0.610. The predicted octanol–water partition coefficient (Wildman–Crippen LogP) is 1.15. The molecule has 0 aromatic carbocycles. The van der Waals surface area contributed by atoms with Crippen LogP contribution in [0.2, 0.25) is 0 Å². The van der Waals surface area contributed by atoms with E-state index in [1.54, 1.807) is 0 Å². The quantitative estimate of drug-likeness (QED) is 0.614. The van der Waals surface area contributed by atoms with Crippen molar-refractivity contribution in [1.82, 2.24) is 4.90 Å². The van der Waals surface area contributed by atoms with Crippen LogP contribution in [0.25, 0.3) is 0 Å². The molecule has 0 amide bonds. The predicted molar refractivity (Wildman–Crippen MR) is 62.2 cm³/mol. The van der Waals surface area contributed by atoms with Crippen molar-refractivity contribution < 1.29 is 14.3 Å². The number of hydrogen-bond donors (Lipinski definition) is 0. The Morgan fingerprint density at radius 1 is 1.44 bits per heavy atom. The number of esters is 1. The Morgan fingerprint density at radius 2 is 2.12 bits per heavy atom.